The highest BCUT2D eigenvalue weighted by molar-refractivity contribution is 6.05. The summed E-state index contributed by atoms with van der Waals surface area (Å²) in [5.41, 5.74) is 5.89. The summed E-state index contributed by atoms with van der Waals surface area (Å²) < 4.78 is 0. The van der Waals surface area contributed by atoms with Crippen molar-refractivity contribution in [3.05, 3.63) is 66.0 Å². The van der Waals surface area contributed by atoms with Crippen LogP contribution in [0.15, 0.2) is 54.9 Å². The van der Waals surface area contributed by atoms with Crippen molar-refractivity contribution in [1.29, 1.82) is 0 Å². The van der Waals surface area contributed by atoms with Crippen molar-refractivity contribution < 1.29 is 14.7 Å². The van der Waals surface area contributed by atoms with Gasteiger partial charge in [-0.2, -0.15) is 0 Å². The first-order chi connectivity index (χ1) is 11.2. The van der Waals surface area contributed by atoms with Gasteiger partial charge in [0.25, 0.3) is 5.91 Å². The fourth-order valence-corrected chi connectivity index (χ4v) is 2.16. The minimum Gasteiger partial charge on any atom is -0.478 e. The molecule has 23 heavy (non-hydrogen) atoms. The molecule has 0 atom stereocenters. The van der Waals surface area contributed by atoms with Gasteiger partial charge in [0.15, 0.2) is 5.82 Å². The van der Waals surface area contributed by atoms with E-state index in [-0.39, 0.29) is 11.1 Å². The predicted molar refractivity (Wildman–Crippen MR) is 84.0 cm³/mol. The van der Waals surface area contributed by atoms with Gasteiger partial charge in [-0.25, -0.2) is 14.8 Å². The number of carboxylic acid groups (broad SMARTS) is 1. The second-order valence-electron chi connectivity index (χ2n) is 4.67. The van der Waals surface area contributed by atoms with Gasteiger partial charge in [0, 0.05) is 5.39 Å². The van der Waals surface area contributed by atoms with E-state index >= 15 is 0 Å². The molecular formula is C16H12N4O3. The minimum atomic E-state index is -1.16. The van der Waals surface area contributed by atoms with Crippen molar-refractivity contribution in [2.45, 2.75) is 0 Å². The quantitative estimate of drug-likeness (QED) is 0.637. The Bertz CT molecular complexity index is 890. The van der Waals surface area contributed by atoms with E-state index < -0.39 is 11.9 Å². The lowest BCUT2D eigenvalue weighted by Gasteiger charge is -2.10. The highest BCUT2D eigenvalue weighted by atomic mass is 16.4. The van der Waals surface area contributed by atoms with E-state index in [9.17, 15) is 9.59 Å². The van der Waals surface area contributed by atoms with Crippen LogP contribution in [0.25, 0.3) is 10.9 Å². The van der Waals surface area contributed by atoms with E-state index in [1.165, 1.54) is 18.5 Å². The Morgan fingerprint density at radius 1 is 0.913 bits per heavy atom. The van der Waals surface area contributed by atoms with E-state index in [4.69, 9.17) is 5.11 Å². The smallest absolute Gasteiger partial charge is 0.336 e. The summed E-state index contributed by atoms with van der Waals surface area (Å²) in [6.45, 7) is 0. The van der Waals surface area contributed by atoms with E-state index in [1.54, 1.807) is 12.1 Å². The van der Waals surface area contributed by atoms with Crippen LogP contribution in [0.1, 0.15) is 20.7 Å². The number of carboxylic acids is 1. The lowest BCUT2D eigenvalue weighted by Crippen LogP contribution is -2.31. The van der Waals surface area contributed by atoms with Crippen molar-refractivity contribution in [3.8, 4) is 0 Å². The van der Waals surface area contributed by atoms with Crippen molar-refractivity contribution >= 4 is 28.6 Å². The molecule has 0 bridgehead atoms. The first-order valence-electron chi connectivity index (χ1n) is 6.75. The summed E-state index contributed by atoms with van der Waals surface area (Å²) in [6.07, 6.45) is 1.38. The van der Waals surface area contributed by atoms with Gasteiger partial charge in [0.05, 0.1) is 16.6 Å². The minimum absolute atomic E-state index is 0.0610. The van der Waals surface area contributed by atoms with E-state index in [0.717, 1.165) is 10.9 Å². The van der Waals surface area contributed by atoms with Gasteiger partial charge in [-0.1, -0.05) is 24.3 Å². The average molecular weight is 308 g/mol. The zero-order valence-electron chi connectivity index (χ0n) is 11.9. The Morgan fingerprint density at radius 3 is 2.39 bits per heavy atom. The summed E-state index contributed by atoms with van der Waals surface area (Å²) in [5.74, 6) is -1.30. The van der Waals surface area contributed by atoms with Gasteiger partial charge in [-0.15, -0.1) is 0 Å². The van der Waals surface area contributed by atoms with Crippen molar-refractivity contribution in [3.63, 3.8) is 0 Å². The van der Waals surface area contributed by atoms with Gasteiger partial charge < -0.3 is 5.11 Å². The van der Waals surface area contributed by atoms with Crippen molar-refractivity contribution in [2.75, 3.05) is 5.43 Å². The SMILES string of the molecule is O=C(O)c1ccccc1C(=O)NNc1ncnc2ccccc12. The van der Waals surface area contributed by atoms with Crippen LogP contribution in [-0.4, -0.2) is 27.0 Å². The van der Waals surface area contributed by atoms with E-state index in [1.807, 2.05) is 24.3 Å². The van der Waals surface area contributed by atoms with E-state index in [0.29, 0.717) is 5.82 Å². The maximum Gasteiger partial charge on any atom is 0.336 e. The Labute approximate surface area is 131 Å². The molecule has 0 spiro atoms. The van der Waals surface area contributed by atoms with Crippen LogP contribution in [0.4, 0.5) is 5.82 Å². The third-order valence-corrected chi connectivity index (χ3v) is 3.24. The molecule has 0 saturated heterocycles. The molecule has 2 aromatic carbocycles. The number of fused-ring (bicyclic) bond motifs is 1. The van der Waals surface area contributed by atoms with Gasteiger partial charge in [0.1, 0.15) is 6.33 Å². The normalized spacial score (nSPS) is 10.3. The standard InChI is InChI=1S/C16H12N4O3/c21-15(10-5-1-2-6-11(10)16(22)23)20-19-14-12-7-3-4-8-13(12)17-9-18-14/h1-9H,(H,20,21)(H,22,23)(H,17,18,19). The molecule has 0 aliphatic heterocycles. The number of hydrogen-bond donors (Lipinski definition) is 3. The second-order valence-corrected chi connectivity index (χ2v) is 4.67. The highest BCUT2D eigenvalue weighted by Gasteiger charge is 2.15. The number of carbonyl (C=O) groups excluding carboxylic acids is 1. The number of para-hydroxylation sites is 1. The first-order valence-corrected chi connectivity index (χ1v) is 6.75. The molecule has 3 N–H and O–H groups in total. The lowest BCUT2D eigenvalue weighted by atomic mass is 10.1. The third-order valence-electron chi connectivity index (χ3n) is 3.24. The van der Waals surface area contributed by atoms with Crippen LogP contribution in [0.5, 0.6) is 0 Å². The number of anilines is 1. The lowest BCUT2D eigenvalue weighted by molar-refractivity contribution is 0.0691. The number of benzene rings is 2. The summed E-state index contributed by atoms with van der Waals surface area (Å²) in [7, 11) is 0. The summed E-state index contributed by atoms with van der Waals surface area (Å²) in [5, 5.41) is 9.86. The maximum atomic E-state index is 12.2. The first kappa shape index (κ1) is 14.5. The fourth-order valence-electron chi connectivity index (χ4n) is 2.16. The van der Waals surface area contributed by atoms with E-state index in [2.05, 4.69) is 20.8 Å². The molecule has 1 aromatic heterocycles. The number of nitrogens with one attached hydrogen (secondary N) is 2. The molecule has 0 saturated carbocycles. The van der Waals surface area contributed by atoms with Gasteiger partial charge in [-0.05, 0) is 24.3 Å². The number of amides is 1. The van der Waals surface area contributed by atoms with Crippen LogP contribution < -0.4 is 10.9 Å². The fraction of sp³-hybridized carbons (Fsp3) is 0. The molecule has 1 amide bonds. The van der Waals surface area contributed by atoms with Gasteiger partial charge in [-0.3, -0.25) is 15.6 Å². The second kappa shape index (κ2) is 6.10. The zero-order valence-corrected chi connectivity index (χ0v) is 11.9. The molecule has 3 rings (SSSR count). The van der Waals surface area contributed by atoms with Gasteiger partial charge in [0.2, 0.25) is 0 Å². The van der Waals surface area contributed by atoms with Crippen molar-refractivity contribution in [1.82, 2.24) is 15.4 Å². The molecule has 0 fully saturated rings. The number of hydrazine groups is 1. The molecule has 114 valence electrons. The number of aromatic nitrogens is 2. The largest absolute Gasteiger partial charge is 0.478 e. The number of hydrogen-bond acceptors (Lipinski definition) is 5. The number of carbonyl (C=O) groups is 2. The molecule has 3 aromatic rings. The molecule has 0 aliphatic rings. The summed E-state index contributed by atoms with van der Waals surface area (Å²) in [4.78, 5) is 31.6. The molecule has 1 heterocycles. The Balaban J connectivity index is 1.83. The van der Waals surface area contributed by atoms with Crippen LogP contribution in [0, 0.1) is 0 Å². The third kappa shape index (κ3) is 2.93. The maximum absolute atomic E-state index is 12.2. The molecule has 7 heteroatoms. The highest BCUT2D eigenvalue weighted by Crippen LogP contribution is 2.17. The Hall–Kier alpha value is -3.48. The zero-order chi connectivity index (χ0) is 16.2. The van der Waals surface area contributed by atoms with Gasteiger partial charge >= 0.3 is 5.97 Å². The molecule has 7 nitrogen and oxygen atoms in total. The van der Waals surface area contributed by atoms with Crippen LogP contribution in [0.2, 0.25) is 0 Å². The Kier molecular flexibility index (Phi) is 3.84. The van der Waals surface area contributed by atoms with Crippen LogP contribution >= 0.6 is 0 Å². The number of nitrogens with zero attached hydrogens (tertiary/aromatic N) is 2. The number of rotatable bonds is 4. The van der Waals surface area contributed by atoms with Crippen LogP contribution in [0.3, 0.4) is 0 Å². The summed E-state index contributed by atoms with van der Waals surface area (Å²) in [6, 6.07) is 13.3. The molecule has 0 radical (unpaired) electrons. The predicted octanol–water partition coefficient (Wildman–Crippen LogP) is 2.08. The molecule has 0 unspecified atom stereocenters. The van der Waals surface area contributed by atoms with Crippen LogP contribution in [-0.2, 0) is 0 Å². The molecule has 0 aliphatic carbocycles. The number of aromatic carboxylic acids is 1. The molecular weight excluding hydrogens is 296 g/mol. The van der Waals surface area contributed by atoms with Crippen molar-refractivity contribution in [2.24, 2.45) is 0 Å². The monoisotopic (exact) mass is 308 g/mol. The topological polar surface area (TPSA) is 104 Å². The summed E-state index contributed by atoms with van der Waals surface area (Å²) >= 11 is 0. The average Bonchev–Trinajstić information content (AvgIpc) is 2.59. The Morgan fingerprint density at radius 2 is 1.61 bits per heavy atom.